The highest BCUT2D eigenvalue weighted by Crippen LogP contribution is 2.40. The third-order valence-electron chi connectivity index (χ3n) is 5.24. The van der Waals surface area contributed by atoms with E-state index < -0.39 is 0 Å². The first kappa shape index (κ1) is 13.9. The van der Waals surface area contributed by atoms with Gasteiger partial charge in [0.1, 0.15) is 5.75 Å². The highest BCUT2D eigenvalue weighted by molar-refractivity contribution is 5.28. The van der Waals surface area contributed by atoms with Gasteiger partial charge in [0.25, 0.3) is 0 Å². The van der Waals surface area contributed by atoms with Crippen LogP contribution in [0.2, 0.25) is 0 Å². The molecule has 4 atom stereocenters. The Morgan fingerprint density at radius 3 is 2.65 bits per heavy atom. The van der Waals surface area contributed by atoms with Gasteiger partial charge in [0, 0.05) is 18.6 Å². The van der Waals surface area contributed by atoms with Gasteiger partial charge in [-0.3, -0.25) is 4.90 Å². The largest absolute Gasteiger partial charge is 0.508 e. The van der Waals surface area contributed by atoms with Crippen molar-refractivity contribution in [2.24, 2.45) is 11.8 Å². The van der Waals surface area contributed by atoms with Crippen LogP contribution < -0.4 is 5.32 Å². The Balaban J connectivity index is 1.83. The first-order valence-electron chi connectivity index (χ1n) is 8.00. The monoisotopic (exact) mass is 274 g/mol. The molecule has 1 aromatic rings. The van der Waals surface area contributed by atoms with Crippen LogP contribution in [0.4, 0.5) is 0 Å². The van der Waals surface area contributed by atoms with E-state index in [0.717, 1.165) is 18.3 Å². The highest BCUT2D eigenvalue weighted by Gasteiger charge is 2.45. The zero-order valence-electron chi connectivity index (χ0n) is 12.5. The molecular formula is C17H26N2O. The van der Waals surface area contributed by atoms with Crippen molar-refractivity contribution in [1.82, 2.24) is 10.2 Å². The minimum atomic E-state index is 0.359. The maximum atomic E-state index is 9.48. The molecule has 1 aromatic carbocycles. The summed E-state index contributed by atoms with van der Waals surface area (Å²) in [5, 5.41) is 13.0. The fraction of sp³-hybridized carbons (Fsp3) is 0.647. The molecule has 2 fully saturated rings. The molecule has 4 unspecified atom stereocenters. The molecule has 0 radical (unpaired) electrons. The van der Waals surface area contributed by atoms with Crippen molar-refractivity contribution in [2.75, 3.05) is 19.6 Å². The fourth-order valence-electron chi connectivity index (χ4n) is 4.31. The second-order valence-corrected chi connectivity index (χ2v) is 6.27. The molecule has 20 heavy (non-hydrogen) atoms. The summed E-state index contributed by atoms with van der Waals surface area (Å²) in [5.74, 6) is 2.01. The van der Waals surface area contributed by atoms with E-state index in [0.29, 0.717) is 17.8 Å². The fourth-order valence-corrected chi connectivity index (χ4v) is 4.31. The van der Waals surface area contributed by atoms with Crippen LogP contribution in [-0.4, -0.2) is 35.7 Å². The topological polar surface area (TPSA) is 35.5 Å². The van der Waals surface area contributed by atoms with Crippen LogP contribution in [0.25, 0.3) is 0 Å². The van der Waals surface area contributed by atoms with Crippen LogP contribution in [0.5, 0.6) is 5.75 Å². The molecule has 0 aromatic heterocycles. The summed E-state index contributed by atoms with van der Waals surface area (Å²) in [6.45, 7) is 8.18. The molecule has 3 nitrogen and oxygen atoms in total. The summed E-state index contributed by atoms with van der Waals surface area (Å²) in [5.41, 5.74) is 1.34. The second kappa shape index (κ2) is 5.74. The first-order chi connectivity index (χ1) is 9.74. The van der Waals surface area contributed by atoms with Crippen LogP contribution in [-0.2, 0) is 0 Å². The van der Waals surface area contributed by atoms with Crippen LogP contribution in [0.1, 0.15) is 38.3 Å². The van der Waals surface area contributed by atoms with Gasteiger partial charge in [-0.15, -0.1) is 0 Å². The molecule has 0 aliphatic carbocycles. The number of benzene rings is 1. The molecule has 0 bridgehead atoms. The Hall–Kier alpha value is -1.06. The number of likely N-dealkylation sites (tertiary alicyclic amines) is 1. The van der Waals surface area contributed by atoms with Gasteiger partial charge in [0.05, 0.1) is 0 Å². The number of aromatic hydroxyl groups is 1. The third kappa shape index (κ3) is 2.33. The Bertz CT molecular complexity index is 445. The molecule has 0 spiro atoms. The molecule has 0 saturated carbocycles. The van der Waals surface area contributed by atoms with Gasteiger partial charge >= 0.3 is 0 Å². The zero-order chi connectivity index (χ0) is 14.1. The molecular weight excluding hydrogens is 248 g/mol. The maximum Gasteiger partial charge on any atom is 0.115 e. The summed E-state index contributed by atoms with van der Waals surface area (Å²) in [6.07, 6.45) is 2.37. The normalized spacial score (nSPS) is 31.4. The lowest BCUT2D eigenvalue weighted by Gasteiger charge is -2.34. The highest BCUT2D eigenvalue weighted by atomic mass is 16.3. The Morgan fingerprint density at radius 1 is 1.25 bits per heavy atom. The van der Waals surface area contributed by atoms with E-state index in [-0.39, 0.29) is 0 Å². The summed E-state index contributed by atoms with van der Waals surface area (Å²) in [7, 11) is 0. The van der Waals surface area contributed by atoms with Gasteiger partial charge in [-0.25, -0.2) is 0 Å². The number of nitrogens with one attached hydrogen (secondary N) is 1. The minimum absolute atomic E-state index is 0.359. The van der Waals surface area contributed by atoms with Gasteiger partial charge in [-0.05, 0) is 55.5 Å². The zero-order valence-corrected chi connectivity index (χ0v) is 12.5. The van der Waals surface area contributed by atoms with E-state index in [9.17, 15) is 5.11 Å². The van der Waals surface area contributed by atoms with Crippen molar-refractivity contribution in [3.05, 3.63) is 29.8 Å². The quantitative estimate of drug-likeness (QED) is 0.886. The molecule has 110 valence electrons. The van der Waals surface area contributed by atoms with Gasteiger partial charge in [-0.1, -0.05) is 26.0 Å². The lowest BCUT2D eigenvalue weighted by Crippen LogP contribution is -2.37. The van der Waals surface area contributed by atoms with Gasteiger partial charge < -0.3 is 10.4 Å². The van der Waals surface area contributed by atoms with Crippen molar-refractivity contribution in [1.29, 1.82) is 0 Å². The predicted octanol–water partition coefficient (Wildman–Crippen LogP) is 2.77. The van der Waals surface area contributed by atoms with Crippen LogP contribution in [0.15, 0.2) is 24.3 Å². The van der Waals surface area contributed by atoms with E-state index in [4.69, 9.17) is 0 Å². The van der Waals surface area contributed by atoms with E-state index >= 15 is 0 Å². The molecule has 2 saturated heterocycles. The van der Waals surface area contributed by atoms with Gasteiger partial charge in [0.2, 0.25) is 0 Å². The van der Waals surface area contributed by atoms with Crippen molar-refractivity contribution in [3.63, 3.8) is 0 Å². The summed E-state index contributed by atoms with van der Waals surface area (Å²) in [6, 6.07) is 9.00. The Morgan fingerprint density at radius 2 is 2.00 bits per heavy atom. The van der Waals surface area contributed by atoms with E-state index in [1.165, 1.54) is 31.6 Å². The van der Waals surface area contributed by atoms with Gasteiger partial charge in [0.15, 0.2) is 0 Å². The number of phenols is 1. The third-order valence-corrected chi connectivity index (χ3v) is 5.24. The van der Waals surface area contributed by atoms with E-state index in [1.807, 2.05) is 12.1 Å². The predicted molar refractivity (Wildman–Crippen MR) is 81.8 cm³/mol. The molecule has 2 aliphatic rings. The van der Waals surface area contributed by atoms with Crippen molar-refractivity contribution >= 4 is 0 Å². The average molecular weight is 274 g/mol. The molecule has 2 heterocycles. The maximum absolute atomic E-state index is 9.48. The first-order valence-corrected chi connectivity index (χ1v) is 8.00. The SMILES string of the molecule is CCC(c1ccc(O)cc1)N1CC2CNCC2C1CC. The number of rotatable bonds is 4. The van der Waals surface area contributed by atoms with Crippen LogP contribution in [0.3, 0.4) is 0 Å². The number of hydrogen-bond acceptors (Lipinski definition) is 3. The molecule has 2 N–H and O–H groups in total. The van der Waals surface area contributed by atoms with E-state index in [1.54, 1.807) is 0 Å². The van der Waals surface area contributed by atoms with Crippen LogP contribution in [0, 0.1) is 11.8 Å². The molecule has 3 rings (SSSR count). The van der Waals surface area contributed by atoms with Crippen molar-refractivity contribution < 1.29 is 5.11 Å². The average Bonchev–Trinajstić information content (AvgIpc) is 3.02. The summed E-state index contributed by atoms with van der Waals surface area (Å²) >= 11 is 0. The summed E-state index contributed by atoms with van der Waals surface area (Å²) in [4.78, 5) is 2.72. The van der Waals surface area contributed by atoms with Crippen molar-refractivity contribution in [3.8, 4) is 5.75 Å². The van der Waals surface area contributed by atoms with Crippen molar-refractivity contribution in [2.45, 2.75) is 38.8 Å². The lowest BCUT2D eigenvalue weighted by atomic mass is 9.92. The number of fused-ring (bicyclic) bond motifs is 1. The molecule has 2 aliphatic heterocycles. The Labute approximate surface area is 122 Å². The van der Waals surface area contributed by atoms with Gasteiger partial charge in [-0.2, -0.15) is 0 Å². The number of hydrogen-bond donors (Lipinski definition) is 2. The molecule has 0 amide bonds. The second-order valence-electron chi connectivity index (χ2n) is 6.27. The smallest absolute Gasteiger partial charge is 0.115 e. The standard InChI is InChI=1S/C17H26N2O/c1-3-16(12-5-7-14(20)8-6-12)19-11-13-9-18-10-15(13)17(19)4-2/h5-8,13,15-18,20H,3-4,9-11H2,1-2H3. The lowest BCUT2D eigenvalue weighted by molar-refractivity contribution is 0.150. The summed E-state index contributed by atoms with van der Waals surface area (Å²) < 4.78 is 0. The van der Waals surface area contributed by atoms with Crippen LogP contribution >= 0.6 is 0 Å². The minimum Gasteiger partial charge on any atom is -0.508 e. The number of phenolic OH excluding ortho intramolecular Hbond substituents is 1. The number of nitrogens with zero attached hydrogens (tertiary/aromatic N) is 1. The Kier molecular flexibility index (Phi) is 3.99. The van der Waals surface area contributed by atoms with E-state index in [2.05, 4.69) is 36.2 Å². The molecule has 3 heteroatoms.